The summed E-state index contributed by atoms with van der Waals surface area (Å²) in [5.74, 6) is -0.234. The number of carbonyl (C=O) groups is 1. The molecule has 0 spiro atoms. The number of benzene rings is 1. The van der Waals surface area contributed by atoms with Gasteiger partial charge in [-0.25, -0.2) is 0 Å². The normalized spacial score (nSPS) is 12.1. The molecular formula is C10H11NO2S. The van der Waals surface area contributed by atoms with Crippen LogP contribution in [0.25, 0.3) is 0 Å². The van der Waals surface area contributed by atoms with Crippen molar-refractivity contribution in [3.63, 3.8) is 0 Å². The van der Waals surface area contributed by atoms with Crippen LogP contribution in [0.2, 0.25) is 0 Å². The third kappa shape index (κ3) is 2.37. The van der Waals surface area contributed by atoms with Crippen molar-refractivity contribution >= 4 is 17.1 Å². The monoisotopic (exact) mass is 209 g/mol. The second-order valence-corrected chi connectivity index (χ2v) is 4.13. The van der Waals surface area contributed by atoms with E-state index in [4.69, 9.17) is 5.73 Å². The minimum absolute atomic E-state index is 0.313. The van der Waals surface area contributed by atoms with Crippen LogP contribution in [-0.4, -0.2) is 16.2 Å². The summed E-state index contributed by atoms with van der Waals surface area (Å²) in [5.41, 5.74) is 5.46. The number of hydrogen-bond acceptors (Lipinski definition) is 2. The molecule has 1 aromatic rings. The first-order valence-corrected chi connectivity index (χ1v) is 5.37. The Labute approximate surface area is 85.8 Å². The Kier molecular flexibility index (Phi) is 3.73. The molecule has 0 bridgehead atoms. The van der Waals surface area contributed by atoms with Crippen LogP contribution in [-0.2, 0) is 11.2 Å². The van der Waals surface area contributed by atoms with Crippen LogP contribution in [0, 0.1) is 0 Å². The summed E-state index contributed by atoms with van der Waals surface area (Å²) in [6, 6.07) is 6.62. The topological polar surface area (TPSA) is 66.2 Å². The van der Waals surface area contributed by atoms with E-state index < -0.39 is 17.1 Å². The molecule has 2 N–H and O–H groups in total. The first-order valence-electron chi connectivity index (χ1n) is 4.05. The summed E-state index contributed by atoms with van der Waals surface area (Å²) in [6.07, 6.45) is 1.55. The first-order chi connectivity index (χ1) is 6.66. The second-order valence-electron chi connectivity index (χ2n) is 2.66. The van der Waals surface area contributed by atoms with E-state index >= 15 is 0 Å². The van der Waals surface area contributed by atoms with Crippen molar-refractivity contribution in [3.8, 4) is 0 Å². The molecule has 1 amide bonds. The maximum absolute atomic E-state index is 11.6. The summed E-state index contributed by atoms with van der Waals surface area (Å²) in [6.45, 7) is 3.49. The molecule has 0 aromatic heterocycles. The molecule has 0 fully saturated rings. The van der Waals surface area contributed by atoms with Gasteiger partial charge in [0.25, 0.3) is 5.91 Å². The first kappa shape index (κ1) is 10.8. The van der Waals surface area contributed by atoms with Crippen molar-refractivity contribution in [2.24, 2.45) is 5.73 Å². The van der Waals surface area contributed by atoms with Gasteiger partial charge < -0.3 is 10.3 Å². The maximum Gasteiger partial charge on any atom is 0.253 e. The van der Waals surface area contributed by atoms with Gasteiger partial charge in [-0.05, 0) is 29.4 Å². The Balaban J connectivity index is 3.06. The summed E-state index contributed by atoms with van der Waals surface area (Å²) >= 11 is -1.23. The van der Waals surface area contributed by atoms with E-state index in [1.54, 1.807) is 30.3 Å². The van der Waals surface area contributed by atoms with Crippen molar-refractivity contribution in [3.05, 3.63) is 42.5 Å². The van der Waals surface area contributed by atoms with Gasteiger partial charge in [-0.1, -0.05) is 18.7 Å². The molecule has 0 aliphatic rings. The Morgan fingerprint density at radius 3 is 2.79 bits per heavy atom. The fraction of sp³-hybridized carbons (Fsp3) is 0.100. The molecule has 74 valence electrons. The minimum Gasteiger partial charge on any atom is -0.611 e. The van der Waals surface area contributed by atoms with Gasteiger partial charge >= 0.3 is 0 Å². The fourth-order valence-electron chi connectivity index (χ4n) is 1.07. The van der Waals surface area contributed by atoms with E-state index in [1.807, 2.05) is 0 Å². The predicted octanol–water partition coefficient (Wildman–Crippen LogP) is 1.08. The third-order valence-corrected chi connectivity index (χ3v) is 3.05. The molecule has 1 unspecified atom stereocenters. The number of amides is 1. The van der Waals surface area contributed by atoms with Gasteiger partial charge in [0.1, 0.15) is 5.75 Å². The van der Waals surface area contributed by atoms with Gasteiger partial charge in [0.05, 0.1) is 5.56 Å². The Morgan fingerprint density at radius 1 is 1.57 bits per heavy atom. The summed E-state index contributed by atoms with van der Waals surface area (Å²) in [5, 5.41) is 0. The number of nitrogens with two attached hydrogens (primary N) is 1. The zero-order chi connectivity index (χ0) is 10.6. The fourth-order valence-corrected chi connectivity index (χ4v) is 2.10. The summed E-state index contributed by atoms with van der Waals surface area (Å²) in [7, 11) is 0. The molecule has 1 aromatic carbocycles. The van der Waals surface area contributed by atoms with Gasteiger partial charge in [-0.15, -0.1) is 0 Å². The highest BCUT2D eigenvalue weighted by atomic mass is 32.2. The zero-order valence-electron chi connectivity index (χ0n) is 7.60. The van der Waals surface area contributed by atoms with E-state index in [-0.39, 0.29) is 0 Å². The third-order valence-electron chi connectivity index (χ3n) is 1.67. The zero-order valence-corrected chi connectivity index (χ0v) is 8.42. The van der Waals surface area contributed by atoms with Crippen molar-refractivity contribution in [2.45, 2.75) is 4.90 Å². The number of hydrogen-bond donors (Lipinski definition) is 1. The number of carbonyl (C=O) groups excluding carboxylic acids is 1. The van der Waals surface area contributed by atoms with E-state index in [0.717, 1.165) is 0 Å². The van der Waals surface area contributed by atoms with E-state index in [0.29, 0.717) is 16.2 Å². The largest absolute Gasteiger partial charge is 0.611 e. The van der Waals surface area contributed by atoms with Gasteiger partial charge in [-0.2, -0.15) is 0 Å². The summed E-state index contributed by atoms with van der Waals surface area (Å²) < 4.78 is 11.6. The summed E-state index contributed by atoms with van der Waals surface area (Å²) in [4.78, 5) is 11.5. The van der Waals surface area contributed by atoms with Crippen LogP contribution in [0.4, 0.5) is 0 Å². The number of primary amides is 1. The SMILES string of the molecule is C=CC[S+]([O-])c1ccccc1C(N)=O. The Bertz CT molecular complexity index is 352. The van der Waals surface area contributed by atoms with Crippen molar-refractivity contribution in [1.82, 2.24) is 0 Å². The Morgan fingerprint density at radius 2 is 2.21 bits per heavy atom. The molecule has 4 heteroatoms. The van der Waals surface area contributed by atoms with Crippen LogP contribution >= 0.6 is 0 Å². The highest BCUT2D eigenvalue weighted by Gasteiger charge is 2.17. The highest BCUT2D eigenvalue weighted by Crippen LogP contribution is 2.16. The second kappa shape index (κ2) is 4.83. The lowest BCUT2D eigenvalue weighted by atomic mass is 10.2. The van der Waals surface area contributed by atoms with Crippen molar-refractivity contribution in [1.29, 1.82) is 0 Å². The van der Waals surface area contributed by atoms with Crippen LogP contribution in [0.1, 0.15) is 10.4 Å². The quantitative estimate of drug-likeness (QED) is 0.595. The molecule has 0 aliphatic heterocycles. The van der Waals surface area contributed by atoms with E-state index in [9.17, 15) is 9.35 Å². The molecule has 0 saturated carbocycles. The van der Waals surface area contributed by atoms with Crippen LogP contribution in [0.3, 0.4) is 0 Å². The van der Waals surface area contributed by atoms with Gasteiger partial charge in [0, 0.05) is 0 Å². The molecule has 1 atom stereocenters. The average molecular weight is 209 g/mol. The molecular weight excluding hydrogens is 198 g/mol. The predicted molar refractivity (Wildman–Crippen MR) is 56.4 cm³/mol. The van der Waals surface area contributed by atoms with Crippen molar-refractivity contribution in [2.75, 3.05) is 5.75 Å². The molecule has 0 radical (unpaired) electrons. The standard InChI is InChI=1S/C10H11NO2S/c1-2-7-14(13)9-6-4-3-5-8(9)10(11)12/h2-6H,1,7H2,(H2,11,12). The van der Waals surface area contributed by atoms with Crippen LogP contribution in [0.5, 0.6) is 0 Å². The van der Waals surface area contributed by atoms with Gasteiger partial charge in [0.2, 0.25) is 0 Å². The van der Waals surface area contributed by atoms with Gasteiger partial charge in [0.15, 0.2) is 4.90 Å². The molecule has 0 saturated heterocycles. The Hall–Kier alpha value is -1.26. The average Bonchev–Trinajstić information content (AvgIpc) is 2.18. The molecule has 0 aliphatic carbocycles. The molecule has 14 heavy (non-hydrogen) atoms. The van der Waals surface area contributed by atoms with E-state index in [2.05, 4.69) is 6.58 Å². The highest BCUT2D eigenvalue weighted by molar-refractivity contribution is 7.91. The maximum atomic E-state index is 11.6. The molecule has 0 heterocycles. The number of rotatable bonds is 4. The smallest absolute Gasteiger partial charge is 0.253 e. The lowest BCUT2D eigenvalue weighted by Crippen LogP contribution is -2.17. The minimum atomic E-state index is -1.23. The van der Waals surface area contributed by atoms with Crippen molar-refractivity contribution < 1.29 is 9.35 Å². The van der Waals surface area contributed by atoms with Crippen LogP contribution < -0.4 is 5.73 Å². The molecule has 3 nitrogen and oxygen atoms in total. The lowest BCUT2D eigenvalue weighted by Gasteiger charge is -2.10. The lowest BCUT2D eigenvalue weighted by molar-refractivity contribution is 0.0997. The van der Waals surface area contributed by atoms with Gasteiger partial charge in [-0.3, -0.25) is 4.79 Å². The molecule has 1 rings (SSSR count). The van der Waals surface area contributed by atoms with E-state index in [1.165, 1.54) is 0 Å². The van der Waals surface area contributed by atoms with Crippen LogP contribution in [0.15, 0.2) is 41.8 Å².